The van der Waals surface area contributed by atoms with Gasteiger partial charge in [-0.1, -0.05) is 20.8 Å². The van der Waals surface area contributed by atoms with Gasteiger partial charge in [-0.15, -0.1) is 0 Å². The van der Waals surface area contributed by atoms with Crippen molar-refractivity contribution in [3.05, 3.63) is 11.6 Å². The summed E-state index contributed by atoms with van der Waals surface area (Å²) in [5.41, 5.74) is -2.16. The maximum absolute atomic E-state index is 12.1. The number of hydrogen-bond acceptors (Lipinski definition) is 7. The lowest BCUT2D eigenvalue weighted by atomic mass is 9.42. The Balaban J connectivity index is 2.04. The Bertz CT molecular complexity index is 699. The Morgan fingerprint density at radius 1 is 1.38 bits per heavy atom. The molecule has 164 valence electrons. The highest BCUT2D eigenvalue weighted by Crippen LogP contribution is 2.64. The lowest BCUT2D eigenvalue weighted by Crippen LogP contribution is -2.73. The third-order valence-corrected chi connectivity index (χ3v) is 7.76. The molecule has 1 heterocycles. The molecule has 0 unspecified atom stereocenters. The van der Waals surface area contributed by atoms with Crippen molar-refractivity contribution in [2.24, 2.45) is 22.7 Å². The Labute approximate surface area is 172 Å². The molecular formula is C22H34O7. The van der Waals surface area contributed by atoms with Crippen LogP contribution in [0.1, 0.15) is 59.8 Å². The van der Waals surface area contributed by atoms with Crippen LogP contribution in [-0.4, -0.2) is 58.3 Å². The Kier molecular flexibility index (Phi) is 5.89. The van der Waals surface area contributed by atoms with Crippen LogP contribution in [0, 0.1) is 22.7 Å². The predicted molar refractivity (Wildman–Crippen MR) is 105 cm³/mol. The standard InChI is InChI=1S/C22H34O7/c1-13-9-16(29-14(2)24)19-20(3,4)7-6-17(25)21(19,12-23)22(13,27)8-5-15-10-18(26)28-11-15/h10,13,16-17,19,23,25,27H,5-9,11-12H2,1-4H3/t13-,16-,17-,19+,21+,22-/m1/s1. The van der Waals surface area contributed by atoms with E-state index in [1.165, 1.54) is 13.0 Å². The summed E-state index contributed by atoms with van der Waals surface area (Å²) in [6.45, 7) is 7.14. The minimum absolute atomic E-state index is 0.211. The molecule has 7 heteroatoms. The van der Waals surface area contributed by atoms with E-state index < -0.39 is 41.7 Å². The van der Waals surface area contributed by atoms with E-state index in [9.17, 15) is 24.9 Å². The van der Waals surface area contributed by atoms with E-state index in [0.29, 0.717) is 25.7 Å². The minimum Gasteiger partial charge on any atom is -0.462 e. The second-order valence-electron chi connectivity index (χ2n) is 9.84. The van der Waals surface area contributed by atoms with E-state index in [4.69, 9.17) is 9.47 Å². The number of carbonyl (C=O) groups is 2. The summed E-state index contributed by atoms with van der Waals surface area (Å²) in [4.78, 5) is 23.2. The van der Waals surface area contributed by atoms with Crippen LogP contribution in [0.25, 0.3) is 0 Å². The molecule has 0 aromatic carbocycles. The smallest absolute Gasteiger partial charge is 0.331 e. The van der Waals surface area contributed by atoms with Gasteiger partial charge in [0.25, 0.3) is 0 Å². The second-order valence-corrected chi connectivity index (χ2v) is 9.84. The van der Waals surface area contributed by atoms with Gasteiger partial charge in [-0.3, -0.25) is 4.79 Å². The SMILES string of the molecule is CC(=O)O[C@@H]1C[C@@H](C)[C@](O)(CCC2=CC(=O)OC2)[C@@]2(CO)[C@H](O)CCC(C)(C)[C@H]12. The molecule has 2 aliphatic carbocycles. The predicted octanol–water partition coefficient (Wildman–Crippen LogP) is 1.73. The maximum atomic E-state index is 12.1. The van der Waals surface area contributed by atoms with Gasteiger partial charge in [0.2, 0.25) is 0 Å². The van der Waals surface area contributed by atoms with Gasteiger partial charge in [0.15, 0.2) is 0 Å². The van der Waals surface area contributed by atoms with E-state index in [0.717, 1.165) is 5.57 Å². The van der Waals surface area contributed by atoms with Crippen molar-refractivity contribution in [3.63, 3.8) is 0 Å². The molecule has 29 heavy (non-hydrogen) atoms. The molecule has 7 nitrogen and oxygen atoms in total. The zero-order chi connectivity index (χ0) is 21.6. The summed E-state index contributed by atoms with van der Waals surface area (Å²) in [5, 5.41) is 33.9. The lowest BCUT2D eigenvalue weighted by molar-refractivity contribution is -0.298. The van der Waals surface area contributed by atoms with Gasteiger partial charge in [-0.2, -0.15) is 0 Å². The number of rotatable bonds is 5. The number of ether oxygens (including phenoxy) is 2. The average Bonchev–Trinajstić information content (AvgIpc) is 3.05. The van der Waals surface area contributed by atoms with E-state index in [-0.39, 0.29) is 30.3 Å². The van der Waals surface area contributed by atoms with E-state index in [1.807, 2.05) is 20.8 Å². The lowest BCUT2D eigenvalue weighted by Gasteiger charge is -2.66. The van der Waals surface area contributed by atoms with Crippen LogP contribution in [0.3, 0.4) is 0 Å². The number of aliphatic hydroxyl groups is 3. The van der Waals surface area contributed by atoms with Crippen LogP contribution in [0.2, 0.25) is 0 Å². The monoisotopic (exact) mass is 410 g/mol. The molecule has 0 amide bonds. The van der Waals surface area contributed by atoms with Crippen LogP contribution in [0.4, 0.5) is 0 Å². The first-order chi connectivity index (χ1) is 13.5. The Morgan fingerprint density at radius 2 is 2.07 bits per heavy atom. The van der Waals surface area contributed by atoms with Crippen molar-refractivity contribution >= 4 is 11.9 Å². The Hall–Kier alpha value is -1.44. The summed E-state index contributed by atoms with van der Waals surface area (Å²) >= 11 is 0. The highest BCUT2D eigenvalue weighted by molar-refractivity contribution is 5.85. The van der Waals surface area contributed by atoms with E-state index >= 15 is 0 Å². The van der Waals surface area contributed by atoms with Crippen molar-refractivity contribution in [2.45, 2.75) is 77.6 Å². The molecule has 0 bridgehead atoms. The molecule has 3 N–H and O–H groups in total. The molecule has 0 aromatic heterocycles. The van der Waals surface area contributed by atoms with Crippen molar-refractivity contribution in [1.82, 2.24) is 0 Å². The zero-order valence-corrected chi connectivity index (χ0v) is 17.8. The summed E-state index contributed by atoms with van der Waals surface area (Å²) in [6.07, 6.45) is 2.37. The summed E-state index contributed by atoms with van der Waals surface area (Å²) in [5.74, 6) is -1.50. The molecule has 1 aliphatic heterocycles. The molecule has 3 aliphatic rings. The molecule has 3 rings (SSSR count). The Morgan fingerprint density at radius 3 is 2.62 bits per heavy atom. The van der Waals surface area contributed by atoms with Gasteiger partial charge in [-0.05, 0) is 49.0 Å². The third-order valence-electron chi connectivity index (χ3n) is 7.76. The first-order valence-corrected chi connectivity index (χ1v) is 10.5. The molecule has 2 saturated carbocycles. The van der Waals surface area contributed by atoms with Crippen LogP contribution in [0.15, 0.2) is 11.6 Å². The molecule has 0 radical (unpaired) electrons. The molecular weight excluding hydrogens is 376 g/mol. The summed E-state index contributed by atoms with van der Waals surface area (Å²) in [6, 6.07) is 0. The van der Waals surface area contributed by atoms with E-state index in [2.05, 4.69) is 0 Å². The average molecular weight is 411 g/mol. The maximum Gasteiger partial charge on any atom is 0.331 e. The van der Waals surface area contributed by atoms with Crippen LogP contribution < -0.4 is 0 Å². The zero-order valence-electron chi connectivity index (χ0n) is 17.8. The van der Waals surface area contributed by atoms with Gasteiger partial charge < -0.3 is 24.8 Å². The third kappa shape index (κ3) is 3.51. The molecule has 0 aromatic rings. The quantitative estimate of drug-likeness (QED) is 0.592. The number of cyclic esters (lactones) is 1. The highest BCUT2D eigenvalue weighted by atomic mass is 16.5. The van der Waals surface area contributed by atoms with Gasteiger partial charge in [0, 0.05) is 18.9 Å². The first-order valence-electron chi connectivity index (χ1n) is 10.5. The minimum atomic E-state index is -1.38. The fourth-order valence-electron chi connectivity index (χ4n) is 6.42. The molecule has 6 atom stereocenters. The summed E-state index contributed by atoms with van der Waals surface area (Å²) < 4.78 is 10.6. The van der Waals surface area contributed by atoms with Crippen LogP contribution in [-0.2, 0) is 19.1 Å². The molecule has 0 spiro atoms. The van der Waals surface area contributed by atoms with Crippen LogP contribution in [0.5, 0.6) is 0 Å². The van der Waals surface area contributed by atoms with Gasteiger partial charge in [0.05, 0.1) is 23.7 Å². The van der Waals surface area contributed by atoms with Crippen molar-refractivity contribution in [2.75, 3.05) is 13.2 Å². The topological polar surface area (TPSA) is 113 Å². The summed E-state index contributed by atoms with van der Waals surface area (Å²) in [7, 11) is 0. The number of hydrogen-bond donors (Lipinski definition) is 3. The van der Waals surface area contributed by atoms with Gasteiger partial charge >= 0.3 is 11.9 Å². The largest absolute Gasteiger partial charge is 0.462 e. The fourth-order valence-corrected chi connectivity index (χ4v) is 6.42. The number of aliphatic hydroxyl groups excluding tert-OH is 2. The number of carbonyl (C=O) groups excluding carboxylic acids is 2. The first kappa shape index (κ1) is 22.2. The van der Waals surface area contributed by atoms with Crippen molar-refractivity contribution in [1.29, 1.82) is 0 Å². The van der Waals surface area contributed by atoms with Crippen molar-refractivity contribution < 1.29 is 34.4 Å². The molecule has 0 saturated heterocycles. The number of fused-ring (bicyclic) bond motifs is 1. The fraction of sp³-hybridized carbons (Fsp3) is 0.818. The molecule has 2 fully saturated rings. The van der Waals surface area contributed by atoms with Gasteiger partial charge in [0.1, 0.15) is 12.7 Å². The van der Waals surface area contributed by atoms with Gasteiger partial charge in [-0.25, -0.2) is 4.79 Å². The van der Waals surface area contributed by atoms with Crippen LogP contribution >= 0.6 is 0 Å². The van der Waals surface area contributed by atoms with Crippen molar-refractivity contribution in [3.8, 4) is 0 Å². The second kappa shape index (κ2) is 7.67. The normalized spacial score (nSPS) is 41.3. The van der Waals surface area contributed by atoms with E-state index in [1.54, 1.807) is 0 Å². The highest BCUT2D eigenvalue weighted by Gasteiger charge is 2.70. The number of esters is 2.